The molecule has 2 aromatic rings. The molecule has 114 valence electrons. The third-order valence-corrected chi connectivity index (χ3v) is 5.41. The van der Waals surface area contributed by atoms with Crippen molar-refractivity contribution in [2.45, 2.75) is 51.5 Å². The van der Waals surface area contributed by atoms with Crippen molar-refractivity contribution in [2.75, 3.05) is 0 Å². The molecule has 1 aliphatic carbocycles. The summed E-state index contributed by atoms with van der Waals surface area (Å²) in [7, 11) is 0. The average molecular weight is 308 g/mol. The Labute approximate surface area is 129 Å². The average Bonchev–Trinajstić information content (AvgIpc) is 2.81. The number of benzene rings is 1. The molecule has 1 saturated carbocycles. The molecule has 1 atom stereocenters. The lowest BCUT2D eigenvalue weighted by atomic mass is 9.80. The summed E-state index contributed by atoms with van der Waals surface area (Å²) < 4.78 is 6.98. The van der Waals surface area contributed by atoms with Crippen LogP contribution in [0, 0.1) is 11.8 Å². The zero-order chi connectivity index (χ0) is 15.0. The summed E-state index contributed by atoms with van der Waals surface area (Å²) in [5.41, 5.74) is 2.57. The standard InChI is InChI=1S/C17H22ClNO2/c1-3-19-14-9-8-13(10-15(14)21-17(19)20)16(18)12-6-4-11(2)5-7-12/h8-12,16H,3-7H2,1-2H3. The maximum Gasteiger partial charge on any atom is 0.419 e. The lowest BCUT2D eigenvalue weighted by molar-refractivity contribution is 0.283. The molecule has 1 heterocycles. The Hall–Kier alpha value is -1.22. The van der Waals surface area contributed by atoms with Crippen LogP contribution < -0.4 is 5.76 Å². The fourth-order valence-corrected chi connectivity index (χ4v) is 3.79. The number of hydrogen-bond acceptors (Lipinski definition) is 2. The maximum atomic E-state index is 11.8. The molecule has 0 saturated heterocycles. The van der Waals surface area contributed by atoms with Gasteiger partial charge in [0.15, 0.2) is 5.58 Å². The second kappa shape index (κ2) is 5.88. The second-order valence-electron chi connectivity index (χ2n) is 6.26. The van der Waals surface area contributed by atoms with Crippen molar-refractivity contribution < 1.29 is 4.42 Å². The van der Waals surface area contributed by atoms with Crippen LogP contribution in [0.15, 0.2) is 27.4 Å². The van der Waals surface area contributed by atoms with Crippen LogP contribution >= 0.6 is 11.6 Å². The smallest absolute Gasteiger partial charge is 0.408 e. The van der Waals surface area contributed by atoms with E-state index in [1.54, 1.807) is 4.57 Å². The maximum absolute atomic E-state index is 11.8. The Kier molecular flexibility index (Phi) is 4.12. The van der Waals surface area contributed by atoms with E-state index in [9.17, 15) is 4.79 Å². The van der Waals surface area contributed by atoms with Gasteiger partial charge in [-0.1, -0.05) is 25.8 Å². The van der Waals surface area contributed by atoms with Crippen LogP contribution in [0.2, 0.25) is 0 Å². The van der Waals surface area contributed by atoms with Gasteiger partial charge in [-0.05, 0) is 49.3 Å². The molecule has 3 rings (SSSR count). The van der Waals surface area contributed by atoms with Gasteiger partial charge in [0.05, 0.1) is 10.9 Å². The Balaban J connectivity index is 1.88. The van der Waals surface area contributed by atoms with Crippen molar-refractivity contribution in [1.29, 1.82) is 0 Å². The molecule has 1 fully saturated rings. The Bertz CT molecular complexity index is 680. The summed E-state index contributed by atoms with van der Waals surface area (Å²) in [4.78, 5) is 11.8. The van der Waals surface area contributed by atoms with E-state index in [0.29, 0.717) is 18.0 Å². The molecule has 1 aliphatic rings. The van der Waals surface area contributed by atoms with Crippen molar-refractivity contribution in [1.82, 2.24) is 4.57 Å². The molecule has 0 amide bonds. The van der Waals surface area contributed by atoms with Crippen LogP contribution in [0.4, 0.5) is 0 Å². The molecule has 1 aromatic carbocycles. The van der Waals surface area contributed by atoms with Gasteiger partial charge in [-0.25, -0.2) is 4.79 Å². The number of oxazole rings is 1. The van der Waals surface area contributed by atoms with Crippen LogP contribution in [0.1, 0.15) is 50.5 Å². The lowest BCUT2D eigenvalue weighted by Gasteiger charge is -2.29. The van der Waals surface area contributed by atoms with Crippen LogP contribution in [0.25, 0.3) is 11.1 Å². The molecular formula is C17H22ClNO2. The zero-order valence-electron chi connectivity index (χ0n) is 12.6. The fraction of sp³-hybridized carbons (Fsp3) is 0.588. The normalized spacial score (nSPS) is 24.3. The number of aromatic nitrogens is 1. The second-order valence-corrected chi connectivity index (χ2v) is 6.73. The first-order valence-corrected chi connectivity index (χ1v) is 8.31. The third-order valence-electron chi connectivity index (χ3n) is 4.80. The number of aryl methyl sites for hydroxylation is 1. The highest BCUT2D eigenvalue weighted by atomic mass is 35.5. The Morgan fingerprint density at radius 1 is 1.33 bits per heavy atom. The van der Waals surface area contributed by atoms with Crippen LogP contribution in [-0.4, -0.2) is 4.57 Å². The van der Waals surface area contributed by atoms with Crippen LogP contribution in [0.3, 0.4) is 0 Å². The zero-order valence-corrected chi connectivity index (χ0v) is 13.4. The van der Waals surface area contributed by atoms with E-state index in [1.165, 1.54) is 25.7 Å². The molecule has 4 heteroatoms. The van der Waals surface area contributed by atoms with E-state index in [-0.39, 0.29) is 11.1 Å². The first-order chi connectivity index (χ1) is 10.1. The number of alkyl halides is 1. The van der Waals surface area contributed by atoms with Crippen LogP contribution in [0.5, 0.6) is 0 Å². The summed E-state index contributed by atoms with van der Waals surface area (Å²) in [6.07, 6.45) is 4.90. The molecule has 0 N–H and O–H groups in total. The van der Waals surface area contributed by atoms with Gasteiger partial charge in [-0.15, -0.1) is 11.6 Å². The van der Waals surface area contributed by atoms with Crippen LogP contribution in [-0.2, 0) is 6.54 Å². The molecule has 3 nitrogen and oxygen atoms in total. The largest absolute Gasteiger partial charge is 0.419 e. The summed E-state index contributed by atoms with van der Waals surface area (Å²) in [5, 5.41) is 0.0113. The highest BCUT2D eigenvalue weighted by Gasteiger charge is 2.26. The van der Waals surface area contributed by atoms with Gasteiger partial charge in [0.1, 0.15) is 0 Å². The SMILES string of the molecule is CCn1c(=O)oc2cc(C(Cl)C3CCC(C)CC3)ccc21. The minimum atomic E-state index is -0.290. The molecule has 21 heavy (non-hydrogen) atoms. The van der Waals surface area contributed by atoms with Gasteiger partial charge in [0.25, 0.3) is 0 Å². The quantitative estimate of drug-likeness (QED) is 0.769. The van der Waals surface area contributed by atoms with E-state index in [1.807, 2.05) is 25.1 Å². The summed E-state index contributed by atoms with van der Waals surface area (Å²) in [5.74, 6) is 1.06. The predicted molar refractivity (Wildman–Crippen MR) is 85.9 cm³/mol. The van der Waals surface area contributed by atoms with Crippen molar-refractivity contribution in [3.05, 3.63) is 34.3 Å². The highest BCUT2D eigenvalue weighted by molar-refractivity contribution is 6.21. The van der Waals surface area contributed by atoms with E-state index < -0.39 is 0 Å². The predicted octanol–water partition coefficient (Wildman–Crippen LogP) is 4.72. The Morgan fingerprint density at radius 2 is 2.05 bits per heavy atom. The van der Waals surface area contributed by atoms with Crippen molar-refractivity contribution in [3.63, 3.8) is 0 Å². The minimum Gasteiger partial charge on any atom is -0.408 e. The topological polar surface area (TPSA) is 35.1 Å². The van der Waals surface area contributed by atoms with Crippen molar-refractivity contribution >= 4 is 22.7 Å². The van der Waals surface area contributed by atoms with Gasteiger partial charge in [-0.2, -0.15) is 0 Å². The van der Waals surface area contributed by atoms with Gasteiger partial charge >= 0.3 is 5.76 Å². The molecule has 0 radical (unpaired) electrons. The first-order valence-electron chi connectivity index (χ1n) is 7.87. The number of halogens is 1. The first kappa shape index (κ1) is 14.7. The number of fused-ring (bicyclic) bond motifs is 1. The van der Waals surface area contributed by atoms with E-state index >= 15 is 0 Å². The minimum absolute atomic E-state index is 0.0113. The van der Waals surface area contributed by atoms with Gasteiger partial charge in [-0.3, -0.25) is 4.57 Å². The fourth-order valence-electron chi connectivity index (χ4n) is 3.40. The molecule has 0 bridgehead atoms. The van der Waals surface area contributed by atoms with E-state index in [4.69, 9.17) is 16.0 Å². The van der Waals surface area contributed by atoms with Crippen molar-refractivity contribution in [3.8, 4) is 0 Å². The lowest BCUT2D eigenvalue weighted by Crippen LogP contribution is -2.16. The molecule has 1 aromatic heterocycles. The molecule has 0 spiro atoms. The summed E-state index contributed by atoms with van der Waals surface area (Å²) in [6.45, 7) is 4.88. The van der Waals surface area contributed by atoms with Gasteiger partial charge in [0.2, 0.25) is 0 Å². The number of nitrogens with zero attached hydrogens (tertiary/aromatic N) is 1. The highest BCUT2D eigenvalue weighted by Crippen LogP contribution is 2.40. The van der Waals surface area contributed by atoms with Crippen molar-refractivity contribution in [2.24, 2.45) is 11.8 Å². The summed E-state index contributed by atoms with van der Waals surface area (Å²) in [6, 6.07) is 5.94. The molecule has 0 aliphatic heterocycles. The molecular weight excluding hydrogens is 286 g/mol. The number of hydrogen-bond donors (Lipinski definition) is 0. The van der Waals surface area contributed by atoms with E-state index in [2.05, 4.69) is 6.92 Å². The monoisotopic (exact) mass is 307 g/mol. The van der Waals surface area contributed by atoms with Gasteiger partial charge in [0, 0.05) is 6.54 Å². The van der Waals surface area contributed by atoms with Gasteiger partial charge < -0.3 is 4.42 Å². The Morgan fingerprint density at radius 3 is 2.71 bits per heavy atom. The summed E-state index contributed by atoms with van der Waals surface area (Å²) >= 11 is 6.69. The van der Waals surface area contributed by atoms with E-state index in [0.717, 1.165) is 17.0 Å². The third kappa shape index (κ3) is 2.76. The number of rotatable bonds is 3. The molecule has 1 unspecified atom stereocenters.